The van der Waals surface area contributed by atoms with Gasteiger partial charge in [0.15, 0.2) is 16.4 Å². The summed E-state index contributed by atoms with van der Waals surface area (Å²) in [6, 6.07) is 11.8. The number of nitrogens with two attached hydrogens (primary N) is 1. The fraction of sp³-hybridized carbons (Fsp3) is 0.486. The monoisotopic (exact) mass is 772 g/mol. The predicted molar refractivity (Wildman–Crippen MR) is 203 cm³/mol. The first-order valence-electron chi connectivity index (χ1n) is 17.3. The van der Waals surface area contributed by atoms with E-state index in [9.17, 15) is 18.9 Å². The number of aromatic nitrogens is 2. The molecule has 0 aliphatic heterocycles. The van der Waals surface area contributed by atoms with Crippen LogP contribution in [-0.2, 0) is 41.6 Å². The van der Waals surface area contributed by atoms with Crippen LogP contribution >= 0.6 is 0 Å². The standard InChI is InChI=1S/C37H52N6O10S/c1-36(2,3)52-30(45)15-16-40-54(48)27-13-11-25(12-14-27)29-23-39-33(38)31(41-29)34(46)42-28-10-8-9-26(24-43(7)35(47)53-37(4,5)6)32(28)51-22-21-50-20-19-49-18-17-44/h8-14,23,40,44H,15-22,24H2,1-7H3,(H2,38,39)(H,42,46). The van der Waals surface area contributed by atoms with Gasteiger partial charge < -0.3 is 49.3 Å². The topological polar surface area (TPSA) is 220 Å². The summed E-state index contributed by atoms with van der Waals surface area (Å²) in [7, 11) is 1.59. The molecule has 3 rings (SSSR count). The van der Waals surface area contributed by atoms with E-state index in [0.29, 0.717) is 39.8 Å². The fourth-order valence-corrected chi connectivity index (χ4v) is 5.42. The first-order chi connectivity index (χ1) is 25.5. The van der Waals surface area contributed by atoms with Gasteiger partial charge in [0.25, 0.3) is 5.91 Å². The molecular weight excluding hydrogens is 721 g/mol. The number of hydrogen-bond donors (Lipinski definition) is 4. The third-order valence-electron chi connectivity index (χ3n) is 6.90. The van der Waals surface area contributed by atoms with E-state index < -0.39 is 40.5 Å². The van der Waals surface area contributed by atoms with Crippen LogP contribution in [0.25, 0.3) is 11.3 Å². The van der Waals surface area contributed by atoms with Crippen LogP contribution in [0.5, 0.6) is 5.75 Å². The molecule has 5 N–H and O–H groups in total. The molecule has 0 aliphatic carbocycles. The van der Waals surface area contributed by atoms with Gasteiger partial charge in [0.1, 0.15) is 23.6 Å². The zero-order valence-electron chi connectivity index (χ0n) is 31.9. The number of aliphatic hydroxyl groups is 1. The van der Waals surface area contributed by atoms with Crippen molar-refractivity contribution in [1.29, 1.82) is 0 Å². The molecule has 1 unspecified atom stereocenters. The Hall–Kier alpha value is -4.52. The summed E-state index contributed by atoms with van der Waals surface area (Å²) in [5.74, 6) is -0.863. The highest BCUT2D eigenvalue weighted by atomic mass is 32.2. The maximum Gasteiger partial charge on any atom is 0.410 e. The summed E-state index contributed by atoms with van der Waals surface area (Å²) in [4.78, 5) is 48.9. The number of benzene rings is 2. The highest BCUT2D eigenvalue weighted by molar-refractivity contribution is 7.89. The maximum absolute atomic E-state index is 13.7. The largest absolute Gasteiger partial charge is 0.593 e. The Morgan fingerprint density at radius 3 is 2.22 bits per heavy atom. The molecule has 0 radical (unpaired) electrons. The van der Waals surface area contributed by atoms with Gasteiger partial charge in [0, 0.05) is 18.2 Å². The smallest absolute Gasteiger partial charge is 0.410 e. The molecule has 0 bridgehead atoms. The average Bonchev–Trinajstić information content (AvgIpc) is 3.09. The third kappa shape index (κ3) is 15.1. The molecule has 16 nitrogen and oxygen atoms in total. The second kappa shape index (κ2) is 20.8. The summed E-state index contributed by atoms with van der Waals surface area (Å²) in [5.41, 5.74) is 6.48. The van der Waals surface area contributed by atoms with Gasteiger partial charge in [0.2, 0.25) is 0 Å². The van der Waals surface area contributed by atoms with Crippen LogP contribution in [-0.4, -0.2) is 107 Å². The van der Waals surface area contributed by atoms with Crippen molar-refractivity contribution in [3.63, 3.8) is 0 Å². The van der Waals surface area contributed by atoms with E-state index in [2.05, 4.69) is 20.0 Å². The average molecular weight is 773 g/mol. The minimum Gasteiger partial charge on any atom is -0.593 e. The Labute approximate surface area is 319 Å². The molecule has 0 fully saturated rings. The Kier molecular flexibility index (Phi) is 16.9. The van der Waals surface area contributed by atoms with E-state index in [1.165, 1.54) is 11.1 Å². The lowest BCUT2D eigenvalue weighted by Gasteiger charge is -2.25. The van der Waals surface area contributed by atoms with Crippen LogP contribution in [0.3, 0.4) is 0 Å². The SMILES string of the molecule is CN(Cc1cccc(NC(=O)c2nc(-c3ccc([S+]([O-])NCCC(=O)OC(C)(C)C)cc3)cnc2N)c1OCCOCCOCCO)C(=O)OC(C)(C)C. The minimum atomic E-state index is -1.59. The van der Waals surface area contributed by atoms with Crippen LogP contribution in [0.4, 0.5) is 16.3 Å². The number of carbonyl (C=O) groups is 3. The van der Waals surface area contributed by atoms with E-state index in [1.54, 1.807) is 91.1 Å². The number of nitrogens with one attached hydrogen (secondary N) is 2. The van der Waals surface area contributed by atoms with Crippen LogP contribution < -0.4 is 20.5 Å². The zero-order chi connectivity index (χ0) is 39.9. The summed E-state index contributed by atoms with van der Waals surface area (Å²) >= 11 is -1.59. The van der Waals surface area contributed by atoms with Crippen molar-refractivity contribution in [2.45, 2.75) is 70.6 Å². The van der Waals surface area contributed by atoms with Gasteiger partial charge in [-0.3, -0.25) is 9.59 Å². The van der Waals surface area contributed by atoms with E-state index >= 15 is 0 Å². The van der Waals surface area contributed by atoms with Crippen molar-refractivity contribution in [1.82, 2.24) is 19.6 Å². The third-order valence-corrected chi connectivity index (χ3v) is 8.07. The number of ether oxygens (including phenoxy) is 5. The lowest BCUT2D eigenvalue weighted by atomic mass is 10.1. The van der Waals surface area contributed by atoms with Crippen molar-refractivity contribution in [3.8, 4) is 17.0 Å². The Bertz CT molecular complexity index is 1680. The minimum absolute atomic E-state index is 0.0605. The van der Waals surface area contributed by atoms with Crippen molar-refractivity contribution in [2.24, 2.45) is 0 Å². The molecule has 0 spiro atoms. The van der Waals surface area contributed by atoms with E-state index in [1.807, 2.05) is 0 Å². The predicted octanol–water partition coefficient (Wildman–Crippen LogP) is 4.09. The molecular formula is C37H52N6O10S. The molecule has 0 aliphatic rings. The maximum atomic E-state index is 13.7. The molecule has 0 saturated carbocycles. The number of aliphatic hydroxyl groups excluding tert-OH is 1. The Morgan fingerprint density at radius 1 is 0.926 bits per heavy atom. The molecule has 17 heteroatoms. The van der Waals surface area contributed by atoms with Crippen molar-refractivity contribution < 1.29 is 47.7 Å². The highest BCUT2D eigenvalue weighted by Crippen LogP contribution is 2.31. The first kappa shape index (κ1) is 43.9. The number of nitrogen functional groups attached to an aromatic ring is 1. The second-order valence-corrected chi connectivity index (χ2v) is 15.2. The second-order valence-electron chi connectivity index (χ2n) is 13.9. The highest BCUT2D eigenvalue weighted by Gasteiger charge is 2.23. The molecule has 296 valence electrons. The molecule has 3 aromatic rings. The van der Waals surface area contributed by atoms with E-state index in [-0.39, 0.29) is 64.1 Å². The van der Waals surface area contributed by atoms with Crippen LogP contribution in [0.1, 0.15) is 64.0 Å². The Morgan fingerprint density at radius 2 is 1.57 bits per heavy atom. The van der Waals surface area contributed by atoms with Gasteiger partial charge in [-0.25, -0.2) is 14.8 Å². The number of nitrogens with zero attached hydrogens (tertiary/aromatic N) is 3. The summed E-state index contributed by atoms with van der Waals surface area (Å²) in [6.07, 6.45) is 0.946. The number of amides is 2. The van der Waals surface area contributed by atoms with E-state index in [0.717, 1.165) is 0 Å². The van der Waals surface area contributed by atoms with Crippen molar-refractivity contribution in [3.05, 3.63) is 59.9 Å². The molecule has 1 aromatic heterocycles. The van der Waals surface area contributed by atoms with Gasteiger partial charge in [-0.05, 0) is 71.9 Å². The summed E-state index contributed by atoms with van der Waals surface area (Å²) in [6.45, 7) is 11.9. The Balaban J connectivity index is 1.76. The lowest BCUT2D eigenvalue weighted by Crippen LogP contribution is -2.34. The van der Waals surface area contributed by atoms with E-state index in [4.69, 9.17) is 34.5 Å². The number of rotatable bonds is 19. The van der Waals surface area contributed by atoms with Gasteiger partial charge in [-0.1, -0.05) is 12.1 Å². The number of hydrogen-bond acceptors (Lipinski definition) is 14. The number of anilines is 2. The molecule has 2 aromatic carbocycles. The normalized spacial score (nSPS) is 12.2. The molecule has 54 heavy (non-hydrogen) atoms. The molecule has 0 saturated heterocycles. The number of para-hydroxylation sites is 1. The van der Waals surface area contributed by atoms with Crippen LogP contribution in [0, 0.1) is 0 Å². The van der Waals surface area contributed by atoms with Gasteiger partial charge in [-0.15, -0.1) is 4.72 Å². The van der Waals surface area contributed by atoms with Gasteiger partial charge in [-0.2, -0.15) is 0 Å². The molecule has 1 atom stereocenters. The zero-order valence-corrected chi connectivity index (χ0v) is 32.7. The number of carbonyl (C=O) groups excluding carboxylic acids is 3. The first-order valence-corrected chi connectivity index (χ1v) is 18.5. The van der Waals surface area contributed by atoms with Crippen LogP contribution in [0.2, 0.25) is 0 Å². The van der Waals surface area contributed by atoms with Crippen molar-refractivity contribution >= 4 is 40.8 Å². The summed E-state index contributed by atoms with van der Waals surface area (Å²) < 4.78 is 43.2. The van der Waals surface area contributed by atoms with Gasteiger partial charge >= 0.3 is 12.1 Å². The quantitative estimate of drug-likeness (QED) is 0.0767. The van der Waals surface area contributed by atoms with Crippen LogP contribution in [0.15, 0.2) is 53.6 Å². The van der Waals surface area contributed by atoms with Gasteiger partial charge in [0.05, 0.1) is 81.5 Å². The summed E-state index contributed by atoms with van der Waals surface area (Å²) in [5, 5.41) is 11.7. The molecule has 1 heterocycles. The van der Waals surface area contributed by atoms with Crippen molar-refractivity contribution in [2.75, 3.05) is 64.3 Å². The number of esters is 1. The molecule has 2 amide bonds. The fourth-order valence-electron chi connectivity index (χ4n) is 4.58. The lowest BCUT2D eigenvalue weighted by molar-refractivity contribution is -0.154.